The average molecular weight is 222 g/mol. The Labute approximate surface area is 95.7 Å². The van der Waals surface area contributed by atoms with Gasteiger partial charge in [-0.25, -0.2) is 9.97 Å². The fourth-order valence-electron chi connectivity index (χ4n) is 2.38. The number of aromatic nitrogens is 2. The van der Waals surface area contributed by atoms with Gasteiger partial charge in [0, 0.05) is 12.8 Å². The highest BCUT2D eigenvalue weighted by atomic mass is 16.5. The highest BCUT2D eigenvalue weighted by Gasteiger charge is 2.38. The molecule has 0 unspecified atom stereocenters. The molecule has 4 nitrogen and oxygen atoms in total. The van der Waals surface area contributed by atoms with Gasteiger partial charge in [0.1, 0.15) is 5.60 Å². The third-order valence-corrected chi connectivity index (χ3v) is 3.28. The minimum absolute atomic E-state index is 0.0455. The number of aliphatic hydroxyl groups excluding tert-OH is 1. The number of rotatable bonds is 3. The van der Waals surface area contributed by atoms with Crippen molar-refractivity contribution in [3.8, 4) is 0 Å². The molecular weight excluding hydrogens is 204 g/mol. The molecule has 1 aromatic rings. The van der Waals surface area contributed by atoms with Crippen molar-refractivity contribution in [3.63, 3.8) is 0 Å². The summed E-state index contributed by atoms with van der Waals surface area (Å²) in [6, 6.07) is 1.81. The fourth-order valence-corrected chi connectivity index (χ4v) is 2.38. The second kappa shape index (κ2) is 4.47. The topological polar surface area (TPSA) is 55.2 Å². The van der Waals surface area contributed by atoms with Crippen LogP contribution in [0.1, 0.15) is 42.9 Å². The van der Waals surface area contributed by atoms with Crippen molar-refractivity contribution < 1.29 is 9.84 Å². The Morgan fingerprint density at radius 1 is 1.38 bits per heavy atom. The molecule has 1 aliphatic carbocycles. The third kappa shape index (κ3) is 1.95. The summed E-state index contributed by atoms with van der Waals surface area (Å²) >= 11 is 0. The van der Waals surface area contributed by atoms with Crippen LogP contribution >= 0.6 is 0 Å². The molecule has 1 aromatic heterocycles. The molecule has 0 spiro atoms. The van der Waals surface area contributed by atoms with Gasteiger partial charge in [-0.3, -0.25) is 0 Å². The molecule has 1 N–H and O–H groups in total. The number of nitrogens with zero attached hydrogens (tertiary/aromatic N) is 2. The molecule has 0 aliphatic heterocycles. The summed E-state index contributed by atoms with van der Waals surface area (Å²) in [5.41, 5.74) is 1.24. The number of aryl methyl sites for hydroxylation is 1. The number of methoxy groups -OCH3 is 1. The van der Waals surface area contributed by atoms with E-state index in [-0.39, 0.29) is 12.2 Å². The first kappa shape index (κ1) is 11.5. The lowest BCUT2D eigenvalue weighted by atomic mass is 10.0. The van der Waals surface area contributed by atoms with Crippen molar-refractivity contribution in [1.82, 2.24) is 9.97 Å². The molecule has 0 atom stereocenters. The van der Waals surface area contributed by atoms with Gasteiger partial charge in [-0.2, -0.15) is 0 Å². The number of aliphatic hydroxyl groups is 1. The molecule has 0 saturated heterocycles. The van der Waals surface area contributed by atoms with Gasteiger partial charge in [0.15, 0.2) is 5.82 Å². The summed E-state index contributed by atoms with van der Waals surface area (Å²) in [6.45, 7) is 1.87. The summed E-state index contributed by atoms with van der Waals surface area (Å²) in [5, 5.41) is 9.15. The Bertz CT molecular complexity index is 373. The number of hydrogen-bond acceptors (Lipinski definition) is 4. The fraction of sp³-hybridized carbons (Fsp3) is 0.667. The lowest BCUT2D eigenvalue weighted by Crippen LogP contribution is -2.28. The van der Waals surface area contributed by atoms with Crippen molar-refractivity contribution in [2.45, 2.75) is 44.8 Å². The largest absolute Gasteiger partial charge is 0.390 e. The lowest BCUT2D eigenvalue weighted by Gasteiger charge is -2.26. The van der Waals surface area contributed by atoms with Crippen LogP contribution in [-0.2, 0) is 16.9 Å². The van der Waals surface area contributed by atoms with Gasteiger partial charge in [0.25, 0.3) is 0 Å². The molecule has 0 amide bonds. The Morgan fingerprint density at radius 3 is 2.62 bits per heavy atom. The van der Waals surface area contributed by atoms with E-state index in [1.165, 1.54) is 0 Å². The Hall–Kier alpha value is -1.00. The quantitative estimate of drug-likeness (QED) is 0.845. The van der Waals surface area contributed by atoms with E-state index in [1.807, 2.05) is 13.0 Å². The van der Waals surface area contributed by atoms with Gasteiger partial charge in [0.05, 0.1) is 12.3 Å². The first-order valence-electron chi connectivity index (χ1n) is 5.71. The SMILES string of the molecule is COC1(c2nc(C)cc(CO)n2)CCCC1. The highest BCUT2D eigenvalue weighted by molar-refractivity contribution is 5.14. The minimum atomic E-state index is -0.323. The van der Waals surface area contributed by atoms with Crippen molar-refractivity contribution >= 4 is 0 Å². The molecule has 1 aliphatic rings. The van der Waals surface area contributed by atoms with E-state index < -0.39 is 0 Å². The standard InChI is InChI=1S/C12H18N2O2/c1-9-7-10(8-15)14-11(13-9)12(16-2)5-3-4-6-12/h7,15H,3-6,8H2,1-2H3. The van der Waals surface area contributed by atoms with Gasteiger partial charge >= 0.3 is 0 Å². The van der Waals surface area contributed by atoms with Crippen LogP contribution < -0.4 is 0 Å². The summed E-state index contributed by atoms with van der Waals surface area (Å²) in [4.78, 5) is 8.85. The molecule has 0 bridgehead atoms. The van der Waals surface area contributed by atoms with Crippen molar-refractivity contribution in [2.75, 3.05) is 7.11 Å². The number of ether oxygens (including phenoxy) is 1. The first-order chi connectivity index (χ1) is 7.70. The molecule has 1 heterocycles. The van der Waals surface area contributed by atoms with Crippen LogP contribution in [0.3, 0.4) is 0 Å². The van der Waals surface area contributed by atoms with Crippen molar-refractivity contribution in [2.24, 2.45) is 0 Å². The highest BCUT2D eigenvalue weighted by Crippen LogP contribution is 2.39. The Balaban J connectivity index is 2.41. The second-order valence-corrected chi connectivity index (χ2v) is 4.39. The molecule has 4 heteroatoms. The van der Waals surface area contributed by atoms with E-state index in [4.69, 9.17) is 9.84 Å². The van der Waals surface area contributed by atoms with E-state index in [0.29, 0.717) is 5.69 Å². The summed E-state index contributed by atoms with van der Waals surface area (Å²) in [6.07, 6.45) is 4.24. The maximum atomic E-state index is 9.15. The Morgan fingerprint density at radius 2 is 2.06 bits per heavy atom. The van der Waals surface area contributed by atoms with Gasteiger partial charge in [0.2, 0.25) is 0 Å². The maximum absolute atomic E-state index is 9.15. The van der Waals surface area contributed by atoms with Crippen LogP contribution in [0.25, 0.3) is 0 Å². The zero-order chi connectivity index (χ0) is 11.6. The lowest BCUT2D eigenvalue weighted by molar-refractivity contribution is -0.0167. The van der Waals surface area contributed by atoms with Gasteiger partial charge in [-0.15, -0.1) is 0 Å². The van der Waals surface area contributed by atoms with E-state index in [0.717, 1.165) is 37.2 Å². The third-order valence-electron chi connectivity index (χ3n) is 3.28. The van der Waals surface area contributed by atoms with E-state index in [1.54, 1.807) is 7.11 Å². The van der Waals surface area contributed by atoms with E-state index >= 15 is 0 Å². The van der Waals surface area contributed by atoms with Crippen LogP contribution in [0.2, 0.25) is 0 Å². The number of hydrogen-bond donors (Lipinski definition) is 1. The molecule has 88 valence electrons. The predicted molar refractivity (Wildman–Crippen MR) is 59.8 cm³/mol. The van der Waals surface area contributed by atoms with Gasteiger partial charge in [-0.05, 0) is 38.7 Å². The minimum Gasteiger partial charge on any atom is -0.390 e. The molecule has 0 radical (unpaired) electrons. The zero-order valence-electron chi connectivity index (χ0n) is 9.86. The smallest absolute Gasteiger partial charge is 0.160 e. The van der Waals surface area contributed by atoms with E-state index in [2.05, 4.69) is 9.97 Å². The van der Waals surface area contributed by atoms with Gasteiger partial charge in [-0.1, -0.05) is 0 Å². The summed E-state index contributed by atoms with van der Waals surface area (Å²) < 4.78 is 5.63. The second-order valence-electron chi connectivity index (χ2n) is 4.39. The first-order valence-corrected chi connectivity index (χ1v) is 5.71. The monoisotopic (exact) mass is 222 g/mol. The van der Waals surface area contributed by atoms with Crippen LogP contribution in [0.15, 0.2) is 6.07 Å². The molecular formula is C12H18N2O2. The van der Waals surface area contributed by atoms with E-state index in [9.17, 15) is 0 Å². The molecule has 1 fully saturated rings. The molecule has 0 aromatic carbocycles. The molecule has 2 rings (SSSR count). The van der Waals surface area contributed by atoms with Crippen LogP contribution in [-0.4, -0.2) is 22.2 Å². The summed E-state index contributed by atoms with van der Waals surface area (Å²) in [5.74, 6) is 0.733. The molecule has 1 saturated carbocycles. The van der Waals surface area contributed by atoms with Crippen molar-refractivity contribution in [3.05, 3.63) is 23.3 Å². The molecule has 16 heavy (non-hydrogen) atoms. The average Bonchev–Trinajstić information content (AvgIpc) is 2.78. The maximum Gasteiger partial charge on any atom is 0.160 e. The normalized spacial score (nSPS) is 18.9. The van der Waals surface area contributed by atoms with Gasteiger partial charge < -0.3 is 9.84 Å². The zero-order valence-corrected chi connectivity index (χ0v) is 9.86. The predicted octanol–water partition coefficient (Wildman–Crippen LogP) is 1.69. The summed E-state index contributed by atoms with van der Waals surface area (Å²) in [7, 11) is 1.72. The Kier molecular flexibility index (Phi) is 3.21. The van der Waals surface area contributed by atoms with Crippen molar-refractivity contribution in [1.29, 1.82) is 0 Å². The van der Waals surface area contributed by atoms with Crippen LogP contribution in [0.4, 0.5) is 0 Å². The van der Waals surface area contributed by atoms with Crippen LogP contribution in [0.5, 0.6) is 0 Å². The van der Waals surface area contributed by atoms with Crippen LogP contribution in [0, 0.1) is 6.92 Å².